The van der Waals surface area contributed by atoms with Crippen molar-refractivity contribution < 1.29 is 37.1 Å². The van der Waals surface area contributed by atoms with E-state index in [0.717, 1.165) is 22.4 Å². The molecule has 30 heavy (non-hydrogen) atoms. The Morgan fingerprint density at radius 2 is 1.03 bits per heavy atom. The predicted octanol–water partition coefficient (Wildman–Crippen LogP) is 8.18. The van der Waals surface area contributed by atoms with Crippen LogP contribution < -0.4 is 0 Å². The van der Waals surface area contributed by atoms with E-state index in [9.17, 15) is 0 Å². The topological polar surface area (TPSA) is 25.8 Å². The van der Waals surface area contributed by atoms with E-state index in [1.165, 1.54) is 11.8 Å². The Bertz CT molecular complexity index is 445. The maximum atomic E-state index is 3.91. The van der Waals surface area contributed by atoms with E-state index in [4.69, 9.17) is 0 Å². The first-order valence-corrected chi connectivity index (χ1v) is 9.78. The van der Waals surface area contributed by atoms with Crippen LogP contribution in [0, 0.1) is 39.5 Å². The van der Waals surface area contributed by atoms with Gasteiger partial charge in [-0.25, -0.2) is 17.8 Å². The quantitative estimate of drug-likeness (QED) is 0.351. The first-order valence-electron chi connectivity index (χ1n) is 9.78. The predicted molar refractivity (Wildman–Crippen MR) is 130 cm³/mol. The summed E-state index contributed by atoms with van der Waals surface area (Å²) < 4.78 is 0. The average Bonchev–Trinajstić information content (AvgIpc) is 2.63. The van der Waals surface area contributed by atoms with Crippen LogP contribution in [0.3, 0.4) is 0 Å². The molecule has 2 nitrogen and oxygen atoms in total. The maximum absolute atomic E-state index is 3.91. The van der Waals surface area contributed by atoms with Crippen LogP contribution in [-0.2, 0) is 37.1 Å². The van der Waals surface area contributed by atoms with Crippen LogP contribution in [0.5, 0.6) is 0 Å². The van der Waals surface area contributed by atoms with Crippen LogP contribution in [-0.4, -0.2) is 9.97 Å². The second-order valence-corrected chi connectivity index (χ2v) is 6.25. The Morgan fingerprint density at radius 1 is 0.633 bits per heavy atom. The molecule has 2 radical (unpaired) electrons. The molecule has 4 heteroatoms. The monoisotopic (exact) mass is 486 g/mol. The molecule has 0 saturated carbocycles. The zero-order chi connectivity index (χ0) is 23.1. The third kappa shape index (κ3) is 41.3. The molecule has 2 aromatic heterocycles. The molecular weight excluding hydrogens is 442 g/mol. The normalized spacial score (nSPS) is 7.60. The smallest absolute Gasteiger partial charge is 0 e. The van der Waals surface area contributed by atoms with Crippen molar-refractivity contribution in [3.63, 3.8) is 0 Å². The molecule has 0 aliphatic carbocycles. The van der Waals surface area contributed by atoms with E-state index in [-0.39, 0.29) is 37.1 Å². The van der Waals surface area contributed by atoms with Gasteiger partial charge in [-0.05, 0) is 6.20 Å². The molecule has 0 aromatic carbocycles. The van der Waals surface area contributed by atoms with E-state index in [1.54, 1.807) is 18.6 Å². The molecule has 0 bridgehead atoms. The van der Waals surface area contributed by atoms with Gasteiger partial charge in [0.15, 0.2) is 0 Å². The molecule has 2 aromatic rings. The minimum absolute atomic E-state index is 0. The van der Waals surface area contributed by atoms with E-state index in [0.29, 0.717) is 0 Å². The van der Waals surface area contributed by atoms with Crippen LogP contribution in [0.15, 0.2) is 36.8 Å². The second kappa shape index (κ2) is 32.6. The average molecular weight is 487 g/mol. The summed E-state index contributed by atoms with van der Waals surface area (Å²) in [5, 5.41) is 0. The molecular formula is C26H44N2V2-6. The fourth-order valence-corrected chi connectivity index (χ4v) is 0.927. The van der Waals surface area contributed by atoms with E-state index in [1.807, 2.05) is 45.9 Å². The van der Waals surface area contributed by atoms with Crippen molar-refractivity contribution in [2.24, 2.45) is 0 Å². The Kier molecular flexibility index (Phi) is 46.7. The number of hydrogen-bond acceptors (Lipinski definition) is 2. The molecule has 0 aliphatic rings. The van der Waals surface area contributed by atoms with Gasteiger partial charge in [-0.15, -0.1) is 12.3 Å². The van der Waals surface area contributed by atoms with Crippen molar-refractivity contribution in [1.82, 2.24) is 9.97 Å². The summed E-state index contributed by atoms with van der Waals surface area (Å²) in [5.41, 5.74) is 3.49. The summed E-state index contributed by atoms with van der Waals surface area (Å²) in [5.74, 6) is 2.83. The number of nitrogens with zero attached hydrogens (tertiary/aromatic N) is 2. The Hall–Kier alpha value is -1.05. The minimum Gasteiger partial charge on any atom is -0.359 e. The fraction of sp³-hybridized carbons (Fsp3) is 0.385. The van der Waals surface area contributed by atoms with E-state index < -0.39 is 0 Å². The van der Waals surface area contributed by atoms with Gasteiger partial charge in [0.25, 0.3) is 0 Å². The van der Waals surface area contributed by atoms with Crippen molar-refractivity contribution in [1.29, 1.82) is 0 Å². The number of hydrogen-bond donors (Lipinski definition) is 0. The zero-order valence-electron chi connectivity index (χ0n) is 21.1. The van der Waals surface area contributed by atoms with Gasteiger partial charge in [-0.3, -0.25) is 38.8 Å². The van der Waals surface area contributed by atoms with Crippen LogP contribution in [0.2, 0.25) is 0 Å². The fourth-order valence-electron chi connectivity index (χ4n) is 0.927. The van der Waals surface area contributed by atoms with Gasteiger partial charge in [-0.1, -0.05) is 33.9 Å². The van der Waals surface area contributed by atoms with Crippen molar-refractivity contribution in [3.05, 3.63) is 98.7 Å². The summed E-state index contributed by atoms with van der Waals surface area (Å²) in [4.78, 5) is 7.75. The summed E-state index contributed by atoms with van der Waals surface area (Å²) in [6, 6.07) is 5.56. The number of rotatable bonds is 0. The summed E-state index contributed by atoms with van der Waals surface area (Å²) in [6.07, 6.45) is 5.11. The minimum atomic E-state index is 0. The molecule has 0 fully saturated rings. The van der Waals surface area contributed by atoms with Crippen LogP contribution in [0.4, 0.5) is 0 Å². The first kappa shape index (κ1) is 42.9. The zero-order valence-corrected chi connectivity index (χ0v) is 23.9. The van der Waals surface area contributed by atoms with Gasteiger partial charge >= 0.3 is 0 Å². The molecule has 0 amide bonds. The number of pyridine rings is 2. The summed E-state index contributed by atoms with van der Waals surface area (Å²) in [6.45, 7) is 35.3. The largest absolute Gasteiger partial charge is 0.359 e. The summed E-state index contributed by atoms with van der Waals surface area (Å²) in [7, 11) is 0. The van der Waals surface area contributed by atoms with Gasteiger partial charge in [0.1, 0.15) is 0 Å². The van der Waals surface area contributed by atoms with E-state index >= 15 is 0 Å². The Balaban J connectivity index is -0.0000000618. The third-order valence-electron chi connectivity index (χ3n) is 1.99. The molecule has 0 saturated heterocycles. The number of aromatic nitrogens is 2. The van der Waals surface area contributed by atoms with Gasteiger partial charge in [0, 0.05) is 37.1 Å². The van der Waals surface area contributed by atoms with Crippen molar-refractivity contribution >= 4 is 0 Å². The van der Waals surface area contributed by atoms with Crippen LogP contribution in [0.25, 0.3) is 0 Å². The maximum Gasteiger partial charge on any atom is 0 e. The third-order valence-corrected chi connectivity index (χ3v) is 1.99. The van der Waals surface area contributed by atoms with E-state index in [2.05, 4.69) is 79.2 Å². The standard InChI is InChI=1S/2C7H7N.2C4H9.2C2H6.2V/c1-6-3-4-8-5-7(6)2;1-6-4-3-5-8-7(6)2;2*1-4(2)3;2*1-2;;/h2*3-5H,1-2H2;2*1-3H3;2*1-2H3;;/q2*-2;2*-1;;;;. The molecule has 0 spiro atoms. The molecule has 2 rings (SSSR count). The summed E-state index contributed by atoms with van der Waals surface area (Å²) >= 11 is 0. The van der Waals surface area contributed by atoms with Crippen LogP contribution in [0.1, 0.15) is 91.6 Å². The van der Waals surface area contributed by atoms with Gasteiger partial charge < -0.3 is 27.4 Å². The first-order chi connectivity index (χ1) is 13.1. The van der Waals surface area contributed by atoms with Gasteiger partial charge in [-0.2, -0.15) is 41.5 Å². The SMILES string of the molecule is CC.CC.C[C-](C)C.C[C-](C)C.[CH2-]c1cccnc1[CH2-].[CH2-]c1ccncc1[CH2-].[V].[V]. The molecule has 0 aliphatic heterocycles. The molecule has 0 N–H and O–H groups in total. The Morgan fingerprint density at radius 3 is 1.23 bits per heavy atom. The van der Waals surface area contributed by atoms with Gasteiger partial charge in [0.05, 0.1) is 0 Å². The molecule has 2 heterocycles. The van der Waals surface area contributed by atoms with Crippen molar-refractivity contribution in [3.8, 4) is 0 Å². The molecule has 0 atom stereocenters. The van der Waals surface area contributed by atoms with Crippen molar-refractivity contribution in [2.45, 2.75) is 69.2 Å². The molecule has 174 valence electrons. The van der Waals surface area contributed by atoms with Gasteiger partial charge in [0.2, 0.25) is 0 Å². The molecule has 0 unspecified atom stereocenters. The Labute approximate surface area is 214 Å². The van der Waals surface area contributed by atoms with Crippen molar-refractivity contribution in [2.75, 3.05) is 0 Å². The van der Waals surface area contributed by atoms with Crippen LogP contribution >= 0.6 is 0 Å². The second-order valence-electron chi connectivity index (χ2n) is 6.25.